The Morgan fingerprint density at radius 2 is 2.00 bits per heavy atom. The van der Waals surface area contributed by atoms with E-state index >= 15 is 0 Å². The molecule has 0 amide bonds. The molecule has 0 fully saturated rings. The molecule has 0 radical (unpaired) electrons. The Labute approximate surface area is 111 Å². The van der Waals surface area contributed by atoms with Crippen molar-refractivity contribution < 1.29 is 9.13 Å². The highest BCUT2D eigenvalue weighted by Crippen LogP contribution is 2.11. The Kier molecular flexibility index (Phi) is 4.66. The lowest BCUT2D eigenvalue weighted by molar-refractivity contribution is 0.314. The third-order valence-electron chi connectivity index (χ3n) is 2.51. The van der Waals surface area contributed by atoms with E-state index in [2.05, 4.69) is 15.3 Å². The maximum Gasteiger partial charge on any atom is 0.129 e. The molecule has 0 saturated carbocycles. The predicted molar refractivity (Wildman–Crippen MR) is 71.8 cm³/mol. The molecule has 2 aromatic rings. The Morgan fingerprint density at radius 1 is 1.21 bits per heavy atom. The molecule has 100 valence electrons. The zero-order chi connectivity index (χ0) is 13.5. The van der Waals surface area contributed by atoms with Crippen LogP contribution in [0.15, 0.2) is 36.7 Å². The van der Waals surface area contributed by atoms with Crippen molar-refractivity contribution in [2.24, 2.45) is 0 Å². The van der Waals surface area contributed by atoms with Gasteiger partial charge in [-0.2, -0.15) is 0 Å². The van der Waals surface area contributed by atoms with Gasteiger partial charge in [0, 0.05) is 18.3 Å². The van der Waals surface area contributed by atoms with Gasteiger partial charge in [-0.1, -0.05) is 0 Å². The van der Waals surface area contributed by atoms with Crippen LogP contribution < -0.4 is 10.1 Å². The second-order valence-electron chi connectivity index (χ2n) is 4.13. The lowest BCUT2D eigenvalue weighted by Crippen LogP contribution is -2.08. The highest BCUT2D eigenvalue weighted by Gasteiger charge is 1.96. The molecule has 0 aliphatic rings. The summed E-state index contributed by atoms with van der Waals surface area (Å²) >= 11 is 0. The molecule has 5 heteroatoms. The van der Waals surface area contributed by atoms with Crippen molar-refractivity contribution in [2.75, 3.05) is 18.5 Å². The number of rotatable bonds is 6. The summed E-state index contributed by atoms with van der Waals surface area (Å²) in [5.41, 5.74) is 0.931. The number of ether oxygens (including phenoxy) is 1. The normalized spacial score (nSPS) is 10.2. The lowest BCUT2D eigenvalue weighted by Gasteiger charge is -2.07. The van der Waals surface area contributed by atoms with E-state index in [9.17, 15) is 4.39 Å². The van der Waals surface area contributed by atoms with E-state index in [1.807, 2.05) is 13.0 Å². The summed E-state index contributed by atoms with van der Waals surface area (Å²) in [6.07, 6.45) is 2.37. The number of hydrogen-bond donors (Lipinski definition) is 1. The monoisotopic (exact) mass is 261 g/mol. The molecule has 0 atom stereocenters. The minimum Gasteiger partial charge on any atom is -0.494 e. The number of halogens is 1. The van der Waals surface area contributed by atoms with Crippen molar-refractivity contribution in [3.8, 4) is 5.75 Å². The van der Waals surface area contributed by atoms with E-state index in [1.165, 1.54) is 18.5 Å². The van der Waals surface area contributed by atoms with Gasteiger partial charge in [0.05, 0.1) is 6.61 Å². The molecule has 1 N–H and O–H groups in total. The van der Waals surface area contributed by atoms with Crippen LogP contribution in [-0.2, 0) is 0 Å². The highest BCUT2D eigenvalue weighted by atomic mass is 19.1. The van der Waals surface area contributed by atoms with Crippen molar-refractivity contribution in [1.29, 1.82) is 0 Å². The maximum atomic E-state index is 12.7. The predicted octanol–water partition coefficient (Wildman–Crippen LogP) is 2.81. The molecule has 0 aliphatic heterocycles. The third-order valence-corrected chi connectivity index (χ3v) is 2.51. The van der Waals surface area contributed by atoms with Crippen LogP contribution in [0.3, 0.4) is 0 Å². The van der Waals surface area contributed by atoms with Crippen molar-refractivity contribution in [3.05, 3.63) is 48.2 Å². The van der Waals surface area contributed by atoms with Crippen LogP contribution >= 0.6 is 0 Å². The number of anilines is 1. The molecule has 0 aliphatic carbocycles. The Hall–Kier alpha value is -2.17. The molecule has 1 aromatic heterocycles. The Bertz CT molecular complexity index is 516. The van der Waals surface area contributed by atoms with Crippen LogP contribution in [0.4, 0.5) is 10.2 Å². The molecule has 1 heterocycles. The lowest BCUT2D eigenvalue weighted by atomic mass is 10.3. The van der Waals surface area contributed by atoms with Crippen molar-refractivity contribution in [2.45, 2.75) is 13.3 Å². The molecule has 2 rings (SSSR count). The van der Waals surface area contributed by atoms with E-state index in [0.717, 1.165) is 24.5 Å². The first kappa shape index (κ1) is 13.3. The summed E-state index contributed by atoms with van der Waals surface area (Å²) in [6, 6.07) is 7.91. The fourth-order valence-corrected chi connectivity index (χ4v) is 1.56. The zero-order valence-corrected chi connectivity index (χ0v) is 10.8. The fraction of sp³-hybridized carbons (Fsp3) is 0.286. The van der Waals surface area contributed by atoms with Crippen LogP contribution in [0.5, 0.6) is 5.75 Å². The van der Waals surface area contributed by atoms with E-state index < -0.39 is 0 Å². The molecule has 1 aromatic carbocycles. The van der Waals surface area contributed by atoms with Gasteiger partial charge in [0.25, 0.3) is 0 Å². The third kappa shape index (κ3) is 4.54. The number of nitrogens with one attached hydrogen (secondary N) is 1. The molecule has 0 spiro atoms. The number of aromatic nitrogens is 2. The smallest absolute Gasteiger partial charge is 0.129 e. The first-order chi connectivity index (χ1) is 9.24. The van der Waals surface area contributed by atoms with Crippen molar-refractivity contribution in [1.82, 2.24) is 9.97 Å². The van der Waals surface area contributed by atoms with Crippen molar-refractivity contribution in [3.63, 3.8) is 0 Å². The minimum atomic E-state index is -0.256. The number of nitrogens with zero attached hydrogens (tertiary/aromatic N) is 2. The van der Waals surface area contributed by atoms with Gasteiger partial charge in [-0.3, -0.25) is 0 Å². The molecular weight excluding hydrogens is 245 g/mol. The topological polar surface area (TPSA) is 47.0 Å². The van der Waals surface area contributed by atoms with Crippen molar-refractivity contribution >= 4 is 5.82 Å². The van der Waals surface area contributed by atoms with E-state index in [-0.39, 0.29) is 5.82 Å². The van der Waals surface area contributed by atoms with E-state index in [0.29, 0.717) is 12.4 Å². The second-order valence-corrected chi connectivity index (χ2v) is 4.13. The average Bonchev–Trinajstić information content (AvgIpc) is 2.41. The van der Waals surface area contributed by atoms with Crippen LogP contribution in [-0.4, -0.2) is 23.1 Å². The molecule has 4 nitrogen and oxygen atoms in total. The van der Waals surface area contributed by atoms with Gasteiger partial charge >= 0.3 is 0 Å². The average molecular weight is 261 g/mol. The molecule has 0 saturated heterocycles. The molecule has 0 unspecified atom stereocenters. The van der Waals surface area contributed by atoms with Gasteiger partial charge in [-0.25, -0.2) is 14.4 Å². The van der Waals surface area contributed by atoms with E-state index in [4.69, 9.17) is 4.74 Å². The number of hydrogen-bond acceptors (Lipinski definition) is 4. The fourth-order valence-electron chi connectivity index (χ4n) is 1.56. The summed E-state index contributed by atoms with van der Waals surface area (Å²) in [5.74, 6) is 1.24. The van der Waals surface area contributed by atoms with Gasteiger partial charge in [-0.05, 0) is 37.6 Å². The molecular formula is C14H16FN3O. The summed E-state index contributed by atoms with van der Waals surface area (Å²) < 4.78 is 18.2. The quantitative estimate of drug-likeness (QED) is 0.812. The maximum absolute atomic E-state index is 12.7. The van der Waals surface area contributed by atoms with Gasteiger partial charge < -0.3 is 10.1 Å². The first-order valence-corrected chi connectivity index (χ1v) is 6.15. The summed E-state index contributed by atoms with van der Waals surface area (Å²) in [7, 11) is 0. The van der Waals surface area contributed by atoms with Gasteiger partial charge in [0.1, 0.15) is 23.7 Å². The van der Waals surface area contributed by atoms with Gasteiger partial charge in [-0.15, -0.1) is 0 Å². The minimum absolute atomic E-state index is 0.256. The summed E-state index contributed by atoms with van der Waals surface area (Å²) in [6.45, 7) is 3.25. The Balaban J connectivity index is 1.66. The summed E-state index contributed by atoms with van der Waals surface area (Å²) in [5, 5.41) is 3.19. The van der Waals surface area contributed by atoms with Crippen LogP contribution in [0.2, 0.25) is 0 Å². The SMILES string of the molecule is Cc1cc(NCCCOc2ccc(F)cc2)ncn1. The highest BCUT2D eigenvalue weighted by molar-refractivity contribution is 5.34. The first-order valence-electron chi connectivity index (χ1n) is 6.15. The van der Waals surface area contributed by atoms with Crippen LogP contribution in [0, 0.1) is 12.7 Å². The zero-order valence-electron chi connectivity index (χ0n) is 10.8. The standard InChI is InChI=1S/C14H16FN3O/c1-11-9-14(18-10-17-11)16-7-2-8-19-13-5-3-12(15)4-6-13/h3-6,9-10H,2,7-8H2,1H3,(H,16,17,18). The number of aryl methyl sites for hydroxylation is 1. The van der Waals surface area contributed by atoms with Gasteiger partial charge in [0.2, 0.25) is 0 Å². The number of benzene rings is 1. The van der Waals surface area contributed by atoms with Gasteiger partial charge in [0.15, 0.2) is 0 Å². The Morgan fingerprint density at radius 3 is 2.74 bits per heavy atom. The second kappa shape index (κ2) is 6.68. The summed E-state index contributed by atoms with van der Waals surface area (Å²) in [4.78, 5) is 8.12. The largest absolute Gasteiger partial charge is 0.494 e. The van der Waals surface area contributed by atoms with Crippen LogP contribution in [0.1, 0.15) is 12.1 Å². The molecule has 0 bridgehead atoms. The van der Waals surface area contributed by atoms with E-state index in [1.54, 1.807) is 12.1 Å². The molecule has 19 heavy (non-hydrogen) atoms. The van der Waals surface area contributed by atoms with Crippen LogP contribution in [0.25, 0.3) is 0 Å².